The zero-order valence-electron chi connectivity index (χ0n) is 18.2. The lowest BCUT2D eigenvalue weighted by atomic mass is 10.1. The molecule has 2 N–H and O–H groups in total. The van der Waals surface area contributed by atoms with Crippen molar-refractivity contribution in [3.05, 3.63) is 48.5 Å². The highest BCUT2D eigenvalue weighted by atomic mass is 32.2. The van der Waals surface area contributed by atoms with Crippen molar-refractivity contribution in [1.82, 2.24) is 14.7 Å². The van der Waals surface area contributed by atoms with E-state index in [0.29, 0.717) is 28.8 Å². The van der Waals surface area contributed by atoms with Crippen molar-refractivity contribution in [1.29, 1.82) is 0 Å². The van der Waals surface area contributed by atoms with Crippen molar-refractivity contribution in [3.63, 3.8) is 0 Å². The molecule has 174 valence electrons. The molecule has 1 aliphatic carbocycles. The Kier molecular flexibility index (Phi) is 6.61. The molecule has 2 heterocycles. The predicted molar refractivity (Wildman–Crippen MR) is 121 cm³/mol. The van der Waals surface area contributed by atoms with Gasteiger partial charge in [0.15, 0.2) is 5.76 Å². The van der Waals surface area contributed by atoms with Crippen molar-refractivity contribution < 1.29 is 27.5 Å². The first-order valence-corrected chi connectivity index (χ1v) is 12.2. The van der Waals surface area contributed by atoms with Crippen LogP contribution in [0.4, 0.5) is 0 Å². The number of nitrogens with one attached hydrogen (secondary N) is 1. The molecular formula is C22H24N4O6S. The summed E-state index contributed by atoms with van der Waals surface area (Å²) in [7, 11) is -1.71. The quantitative estimate of drug-likeness (QED) is 0.199. The van der Waals surface area contributed by atoms with E-state index >= 15 is 0 Å². The number of hydrogen-bond donors (Lipinski definition) is 2. The summed E-state index contributed by atoms with van der Waals surface area (Å²) in [5.74, 6) is 1.97. The van der Waals surface area contributed by atoms with Crippen LogP contribution in [-0.2, 0) is 10.0 Å². The second kappa shape index (κ2) is 9.59. The lowest BCUT2D eigenvalue weighted by molar-refractivity contribution is 0.315. The SMILES string of the molecule is COc1ccc(-c2nc(/C(=N/O)C3CC3)oc2-c2ccc(OCCNS(C)(=O)=O)cc2)cn1. The topological polar surface area (TPSA) is 136 Å². The van der Waals surface area contributed by atoms with E-state index in [0.717, 1.165) is 30.2 Å². The molecule has 10 nitrogen and oxygen atoms in total. The van der Waals surface area contributed by atoms with E-state index < -0.39 is 10.0 Å². The first-order chi connectivity index (χ1) is 15.9. The first-order valence-electron chi connectivity index (χ1n) is 10.3. The molecule has 1 saturated carbocycles. The van der Waals surface area contributed by atoms with Crippen molar-refractivity contribution in [2.45, 2.75) is 12.8 Å². The van der Waals surface area contributed by atoms with E-state index in [9.17, 15) is 13.6 Å². The van der Waals surface area contributed by atoms with Crippen molar-refractivity contribution in [3.8, 4) is 34.2 Å². The molecule has 0 aliphatic heterocycles. The molecule has 0 saturated heterocycles. The van der Waals surface area contributed by atoms with Gasteiger partial charge in [-0.3, -0.25) is 0 Å². The van der Waals surface area contributed by atoms with Crippen LogP contribution in [0.15, 0.2) is 52.2 Å². The van der Waals surface area contributed by atoms with Crippen LogP contribution in [-0.4, -0.2) is 55.8 Å². The number of oxazole rings is 1. The van der Waals surface area contributed by atoms with Crippen molar-refractivity contribution in [2.24, 2.45) is 11.1 Å². The monoisotopic (exact) mass is 472 g/mol. The zero-order chi connectivity index (χ0) is 23.4. The van der Waals surface area contributed by atoms with E-state index in [1.807, 2.05) is 18.2 Å². The number of aromatic nitrogens is 2. The lowest BCUT2D eigenvalue weighted by Gasteiger charge is -2.07. The van der Waals surface area contributed by atoms with E-state index in [1.54, 1.807) is 31.5 Å². The highest BCUT2D eigenvalue weighted by molar-refractivity contribution is 7.88. The van der Waals surface area contributed by atoms with Gasteiger partial charge >= 0.3 is 0 Å². The van der Waals surface area contributed by atoms with Gasteiger partial charge in [0.05, 0.1) is 13.4 Å². The van der Waals surface area contributed by atoms with Gasteiger partial charge in [0.25, 0.3) is 0 Å². The number of rotatable bonds is 10. The molecule has 33 heavy (non-hydrogen) atoms. The summed E-state index contributed by atoms with van der Waals surface area (Å²) in [6.45, 7) is 0.366. The molecule has 3 aromatic rings. The minimum atomic E-state index is -3.26. The fourth-order valence-electron chi connectivity index (χ4n) is 3.22. The van der Waals surface area contributed by atoms with Crippen molar-refractivity contribution >= 4 is 15.7 Å². The second-order valence-electron chi connectivity index (χ2n) is 7.58. The van der Waals surface area contributed by atoms with E-state index in [4.69, 9.17) is 13.9 Å². The number of benzene rings is 1. The Bertz CT molecular complexity index is 1230. The molecule has 0 atom stereocenters. The number of ether oxygens (including phenoxy) is 2. The Balaban J connectivity index is 1.60. The van der Waals surface area contributed by atoms with Crippen LogP contribution in [0, 0.1) is 5.92 Å². The summed E-state index contributed by atoms with van der Waals surface area (Å²) in [5.41, 5.74) is 2.46. The fourth-order valence-corrected chi connectivity index (χ4v) is 3.67. The molecule has 0 radical (unpaired) electrons. The molecule has 11 heteroatoms. The van der Waals surface area contributed by atoms with Gasteiger partial charge in [-0.05, 0) is 43.2 Å². The summed E-state index contributed by atoms with van der Waals surface area (Å²) in [5, 5.41) is 12.9. The van der Waals surface area contributed by atoms with Crippen LogP contribution in [0.3, 0.4) is 0 Å². The number of nitrogens with zero attached hydrogens (tertiary/aromatic N) is 3. The maximum Gasteiger partial charge on any atom is 0.245 e. The molecule has 4 rings (SSSR count). The average molecular weight is 473 g/mol. The van der Waals surface area contributed by atoms with Gasteiger partial charge in [-0.1, -0.05) is 5.16 Å². The fraction of sp³-hybridized carbons (Fsp3) is 0.318. The molecule has 2 aromatic heterocycles. The van der Waals surface area contributed by atoms with Gasteiger partial charge < -0.3 is 19.1 Å². The smallest absolute Gasteiger partial charge is 0.245 e. The largest absolute Gasteiger partial charge is 0.492 e. The summed E-state index contributed by atoms with van der Waals surface area (Å²) in [4.78, 5) is 8.87. The van der Waals surface area contributed by atoms with Gasteiger partial charge in [0, 0.05) is 35.9 Å². The predicted octanol–water partition coefficient (Wildman–Crippen LogP) is 2.93. The van der Waals surface area contributed by atoms with E-state index in [-0.39, 0.29) is 25.0 Å². The first kappa shape index (κ1) is 22.7. The minimum Gasteiger partial charge on any atom is -0.492 e. The maximum absolute atomic E-state index is 11.1. The molecule has 1 fully saturated rings. The van der Waals surface area contributed by atoms with E-state index in [2.05, 4.69) is 19.8 Å². The summed E-state index contributed by atoms with van der Waals surface area (Å²) >= 11 is 0. The molecule has 0 bridgehead atoms. The Labute approximate surface area is 191 Å². The van der Waals surface area contributed by atoms with Crippen LogP contribution in [0.25, 0.3) is 22.6 Å². The number of pyridine rings is 1. The molecule has 1 aromatic carbocycles. The van der Waals surface area contributed by atoms with Crippen LogP contribution in [0.1, 0.15) is 18.7 Å². The number of sulfonamides is 1. The van der Waals surface area contributed by atoms with Gasteiger partial charge in [-0.15, -0.1) is 0 Å². The summed E-state index contributed by atoms with van der Waals surface area (Å²) in [6.07, 6.45) is 4.59. The molecule has 0 amide bonds. The molecule has 0 unspecified atom stereocenters. The van der Waals surface area contributed by atoms with E-state index in [1.165, 1.54) is 0 Å². The van der Waals surface area contributed by atoms with Gasteiger partial charge in [0.2, 0.25) is 21.8 Å². The van der Waals surface area contributed by atoms with Crippen LogP contribution < -0.4 is 14.2 Å². The highest BCUT2D eigenvalue weighted by Crippen LogP contribution is 2.38. The highest BCUT2D eigenvalue weighted by Gasteiger charge is 2.33. The van der Waals surface area contributed by atoms with Crippen LogP contribution in [0.5, 0.6) is 11.6 Å². The Morgan fingerprint density at radius 2 is 1.94 bits per heavy atom. The number of hydrogen-bond acceptors (Lipinski definition) is 9. The Morgan fingerprint density at radius 3 is 2.52 bits per heavy atom. The summed E-state index contributed by atoms with van der Waals surface area (Å²) < 4.78 is 41.4. The zero-order valence-corrected chi connectivity index (χ0v) is 19.0. The van der Waals surface area contributed by atoms with Gasteiger partial charge in [-0.2, -0.15) is 0 Å². The van der Waals surface area contributed by atoms with Gasteiger partial charge in [0.1, 0.15) is 23.8 Å². The number of oxime groups is 1. The lowest BCUT2D eigenvalue weighted by Crippen LogP contribution is -2.26. The molecule has 1 aliphatic rings. The van der Waals surface area contributed by atoms with Crippen LogP contribution >= 0.6 is 0 Å². The molecule has 0 spiro atoms. The van der Waals surface area contributed by atoms with Gasteiger partial charge in [-0.25, -0.2) is 23.1 Å². The minimum absolute atomic E-state index is 0.139. The number of methoxy groups -OCH3 is 1. The third-order valence-electron chi connectivity index (χ3n) is 4.99. The van der Waals surface area contributed by atoms with Crippen molar-refractivity contribution in [2.75, 3.05) is 26.5 Å². The Hall–Kier alpha value is -3.44. The summed E-state index contributed by atoms with van der Waals surface area (Å²) in [6, 6.07) is 10.7. The second-order valence-corrected chi connectivity index (χ2v) is 9.42. The third kappa shape index (κ3) is 5.68. The standard InChI is InChI=1S/C22H24N4O6S/c1-30-18-10-7-16(13-23-18)19-21(32-22(25-19)20(26-27)14-3-4-14)15-5-8-17(9-6-15)31-12-11-24-33(2,28)29/h5-10,13-14,24,27H,3-4,11-12H2,1-2H3/b26-20+. The maximum atomic E-state index is 11.1. The normalized spacial score (nSPS) is 14.3. The molecular weight excluding hydrogens is 448 g/mol. The third-order valence-corrected chi connectivity index (χ3v) is 5.72. The van der Waals surface area contributed by atoms with Crippen LogP contribution in [0.2, 0.25) is 0 Å². The average Bonchev–Trinajstić information content (AvgIpc) is 3.55. The Morgan fingerprint density at radius 1 is 1.21 bits per heavy atom.